The second-order valence-electron chi connectivity index (χ2n) is 6.86. The summed E-state index contributed by atoms with van der Waals surface area (Å²) in [6, 6.07) is 27.0. The van der Waals surface area contributed by atoms with Gasteiger partial charge in [0, 0.05) is 6.42 Å². The van der Waals surface area contributed by atoms with Crippen molar-refractivity contribution in [2.24, 2.45) is 0 Å². The molecule has 1 aromatic heterocycles. The molecule has 0 fully saturated rings. The minimum atomic E-state index is -0.370. The smallest absolute Gasteiger partial charge is 0.280 e. The number of rotatable bonds is 8. The summed E-state index contributed by atoms with van der Waals surface area (Å²) in [6.45, 7) is 0.503. The van der Waals surface area contributed by atoms with Crippen molar-refractivity contribution in [3.05, 3.63) is 102 Å². The highest BCUT2D eigenvalue weighted by Gasteiger charge is 2.19. The van der Waals surface area contributed by atoms with E-state index in [1.54, 1.807) is 16.9 Å². The number of amides is 1. The number of hydrogen-bond donors (Lipinski definition) is 1. The molecule has 0 radical (unpaired) electrons. The van der Waals surface area contributed by atoms with Crippen molar-refractivity contribution in [2.45, 2.75) is 6.42 Å². The van der Waals surface area contributed by atoms with Gasteiger partial charge in [0.2, 0.25) is 0 Å². The van der Waals surface area contributed by atoms with Gasteiger partial charge in [0.25, 0.3) is 5.91 Å². The van der Waals surface area contributed by atoms with Gasteiger partial charge in [0.15, 0.2) is 11.4 Å². The topological polar surface area (TPSA) is 65.4 Å². The van der Waals surface area contributed by atoms with Gasteiger partial charge in [-0.25, -0.2) is 4.68 Å². The lowest BCUT2D eigenvalue weighted by Gasteiger charge is -2.12. The fraction of sp³-hybridized carbons (Fsp3) is 0.120. The summed E-state index contributed by atoms with van der Waals surface area (Å²) in [5.74, 6) is 0.628. The lowest BCUT2D eigenvalue weighted by atomic mass is 10.2. The Hall–Kier alpha value is -4.06. The summed E-state index contributed by atoms with van der Waals surface area (Å²) >= 11 is 0. The number of aromatic nitrogens is 2. The van der Waals surface area contributed by atoms with Crippen LogP contribution in [0.2, 0.25) is 0 Å². The molecule has 0 spiro atoms. The molecule has 0 aliphatic heterocycles. The molecule has 31 heavy (non-hydrogen) atoms. The molecule has 1 N–H and O–H groups in total. The lowest BCUT2D eigenvalue weighted by molar-refractivity contribution is 0.101. The van der Waals surface area contributed by atoms with Crippen LogP contribution in [0.1, 0.15) is 16.1 Å². The minimum Gasteiger partial charge on any atom is -0.493 e. The first-order valence-corrected chi connectivity index (χ1v) is 10.0. The van der Waals surface area contributed by atoms with E-state index in [1.807, 2.05) is 66.7 Å². The van der Waals surface area contributed by atoms with E-state index in [-0.39, 0.29) is 11.6 Å². The van der Waals surface area contributed by atoms with Gasteiger partial charge < -0.3 is 14.8 Å². The molecule has 0 aliphatic carbocycles. The third kappa shape index (κ3) is 4.93. The first-order chi connectivity index (χ1) is 15.2. The number of methoxy groups -OCH3 is 1. The Kier molecular flexibility index (Phi) is 6.28. The second-order valence-corrected chi connectivity index (χ2v) is 6.86. The number of anilines is 1. The van der Waals surface area contributed by atoms with Gasteiger partial charge in [-0.05, 0) is 29.8 Å². The van der Waals surface area contributed by atoms with Crippen LogP contribution in [-0.2, 0) is 6.42 Å². The molecule has 4 aromatic rings. The van der Waals surface area contributed by atoms with E-state index in [1.165, 1.54) is 12.7 Å². The monoisotopic (exact) mass is 413 g/mol. The maximum Gasteiger partial charge on any atom is 0.280 e. The number of ether oxygens (including phenoxy) is 2. The van der Waals surface area contributed by atoms with E-state index in [0.29, 0.717) is 23.8 Å². The largest absolute Gasteiger partial charge is 0.493 e. The SMILES string of the molecule is COc1cn(-c2ccccc2)nc1C(=O)Nc1ccccc1OCCc1ccccc1. The molecule has 0 saturated carbocycles. The van der Waals surface area contributed by atoms with Crippen LogP contribution < -0.4 is 14.8 Å². The van der Waals surface area contributed by atoms with Crippen molar-refractivity contribution in [2.75, 3.05) is 19.0 Å². The Morgan fingerprint density at radius 3 is 2.32 bits per heavy atom. The minimum absolute atomic E-state index is 0.199. The van der Waals surface area contributed by atoms with Crippen LogP contribution in [-0.4, -0.2) is 29.4 Å². The molecule has 4 rings (SSSR count). The number of para-hydroxylation sites is 3. The van der Waals surface area contributed by atoms with Gasteiger partial charge >= 0.3 is 0 Å². The fourth-order valence-corrected chi connectivity index (χ4v) is 3.18. The Labute approximate surface area is 181 Å². The summed E-state index contributed by atoms with van der Waals surface area (Å²) in [5, 5.41) is 7.31. The van der Waals surface area contributed by atoms with Gasteiger partial charge in [0.05, 0.1) is 31.3 Å². The van der Waals surface area contributed by atoms with Gasteiger partial charge in [0.1, 0.15) is 5.75 Å². The maximum atomic E-state index is 13.0. The summed E-state index contributed by atoms with van der Waals surface area (Å²) in [6.07, 6.45) is 2.46. The quantitative estimate of drug-likeness (QED) is 0.453. The standard InChI is InChI=1S/C25H23N3O3/c1-30-23-18-28(20-12-6-3-7-13-20)27-24(23)25(29)26-21-14-8-9-15-22(21)31-17-16-19-10-4-2-5-11-19/h2-15,18H,16-17H2,1H3,(H,26,29). The fourth-order valence-electron chi connectivity index (χ4n) is 3.18. The second kappa shape index (κ2) is 9.63. The van der Waals surface area contributed by atoms with Crippen LogP contribution in [0.3, 0.4) is 0 Å². The van der Waals surface area contributed by atoms with Crippen LogP contribution in [0.15, 0.2) is 91.1 Å². The zero-order valence-electron chi connectivity index (χ0n) is 17.2. The summed E-state index contributed by atoms with van der Waals surface area (Å²) < 4.78 is 12.9. The van der Waals surface area contributed by atoms with Gasteiger partial charge in [-0.2, -0.15) is 5.10 Å². The molecule has 0 bridgehead atoms. The molecule has 0 saturated heterocycles. The Morgan fingerprint density at radius 1 is 0.903 bits per heavy atom. The van der Waals surface area contributed by atoms with Crippen molar-refractivity contribution in [1.29, 1.82) is 0 Å². The van der Waals surface area contributed by atoms with Gasteiger partial charge in [-0.15, -0.1) is 0 Å². The van der Waals surface area contributed by atoms with Crippen molar-refractivity contribution in [3.8, 4) is 17.2 Å². The van der Waals surface area contributed by atoms with E-state index < -0.39 is 0 Å². The van der Waals surface area contributed by atoms with E-state index in [0.717, 1.165) is 12.1 Å². The summed E-state index contributed by atoms with van der Waals surface area (Å²) in [4.78, 5) is 13.0. The molecule has 6 nitrogen and oxygen atoms in total. The van der Waals surface area contributed by atoms with Crippen molar-refractivity contribution < 1.29 is 14.3 Å². The first kappa shape index (κ1) is 20.2. The van der Waals surface area contributed by atoms with E-state index >= 15 is 0 Å². The highest BCUT2D eigenvalue weighted by molar-refractivity contribution is 6.05. The Bertz CT molecular complexity index is 1140. The highest BCUT2D eigenvalue weighted by Crippen LogP contribution is 2.26. The van der Waals surface area contributed by atoms with Gasteiger partial charge in [-0.1, -0.05) is 60.7 Å². The van der Waals surface area contributed by atoms with Crippen LogP contribution >= 0.6 is 0 Å². The third-order valence-corrected chi connectivity index (χ3v) is 4.76. The molecule has 156 valence electrons. The van der Waals surface area contributed by atoms with E-state index in [4.69, 9.17) is 9.47 Å². The third-order valence-electron chi connectivity index (χ3n) is 4.76. The lowest BCUT2D eigenvalue weighted by Crippen LogP contribution is -2.15. The molecule has 3 aromatic carbocycles. The average molecular weight is 413 g/mol. The van der Waals surface area contributed by atoms with Gasteiger partial charge in [-0.3, -0.25) is 4.79 Å². The summed E-state index contributed by atoms with van der Waals surface area (Å²) in [5.41, 5.74) is 2.81. The molecule has 0 aliphatic rings. The number of hydrogen-bond acceptors (Lipinski definition) is 4. The first-order valence-electron chi connectivity index (χ1n) is 10.0. The van der Waals surface area contributed by atoms with Crippen LogP contribution in [0.25, 0.3) is 5.69 Å². The highest BCUT2D eigenvalue weighted by atomic mass is 16.5. The summed E-state index contributed by atoms with van der Waals surface area (Å²) in [7, 11) is 1.52. The Balaban J connectivity index is 1.48. The van der Waals surface area contributed by atoms with Crippen molar-refractivity contribution in [1.82, 2.24) is 9.78 Å². The molecule has 0 atom stereocenters. The van der Waals surface area contributed by atoms with Crippen molar-refractivity contribution in [3.63, 3.8) is 0 Å². The van der Waals surface area contributed by atoms with Crippen LogP contribution in [0, 0.1) is 0 Å². The number of carbonyl (C=O) groups is 1. The Morgan fingerprint density at radius 2 is 1.58 bits per heavy atom. The molecule has 1 heterocycles. The van der Waals surface area contributed by atoms with E-state index in [2.05, 4.69) is 22.5 Å². The number of benzene rings is 3. The molecule has 6 heteroatoms. The zero-order chi connectivity index (χ0) is 21.5. The number of nitrogens with zero attached hydrogens (tertiary/aromatic N) is 2. The van der Waals surface area contributed by atoms with Crippen LogP contribution in [0.4, 0.5) is 5.69 Å². The molecule has 0 unspecified atom stereocenters. The molecular formula is C25H23N3O3. The molecular weight excluding hydrogens is 390 g/mol. The van der Waals surface area contributed by atoms with Crippen molar-refractivity contribution >= 4 is 11.6 Å². The number of nitrogens with one attached hydrogen (secondary N) is 1. The maximum absolute atomic E-state index is 13.0. The average Bonchev–Trinajstić information content (AvgIpc) is 3.26. The van der Waals surface area contributed by atoms with E-state index in [9.17, 15) is 4.79 Å². The normalized spacial score (nSPS) is 10.5. The predicted molar refractivity (Wildman–Crippen MR) is 120 cm³/mol. The zero-order valence-corrected chi connectivity index (χ0v) is 17.2. The van der Waals surface area contributed by atoms with Crippen LogP contribution in [0.5, 0.6) is 11.5 Å². The molecule has 1 amide bonds. The number of carbonyl (C=O) groups excluding carboxylic acids is 1. The predicted octanol–water partition coefficient (Wildman–Crippen LogP) is 4.75.